The quantitative estimate of drug-likeness (QED) is 0.868. The van der Waals surface area contributed by atoms with Gasteiger partial charge in [0, 0.05) is 11.6 Å². The van der Waals surface area contributed by atoms with Gasteiger partial charge >= 0.3 is 0 Å². The Balaban J connectivity index is 2.50. The van der Waals surface area contributed by atoms with Crippen LogP contribution in [0.5, 0.6) is 5.75 Å². The van der Waals surface area contributed by atoms with Gasteiger partial charge in [0.05, 0.1) is 19.0 Å². The lowest BCUT2D eigenvalue weighted by Crippen LogP contribution is -2.12. The van der Waals surface area contributed by atoms with E-state index in [4.69, 9.17) is 5.73 Å². The van der Waals surface area contributed by atoms with Crippen LogP contribution in [0.3, 0.4) is 0 Å². The van der Waals surface area contributed by atoms with Crippen LogP contribution in [0.25, 0.3) is 11.3 Å². The van der Waals surface area contributed by atoms with E-state index in [1.165, 1.54) is 13.3 Å². The number of carbonyl (C=O) groups is 1. The van der Waals surface area contributed by atoms with Crippen molar-refractivity contribution >= 4 is 5.91 Å². The number of benzene rings is 1. The molecule has 0 atom stereocenters. The highest BCUT2D eigenvalue weighted by Crippen LogP contribution is 2.27. The Bertz CT molecular complexity index is 610. The third kappa shape index (κ3) is 2.02. The zero-order chi connectivity index (χ0) is 13.3. The minimum Gasteiger partial charge on any atom is -0.494 e. The van der Waals surface area contributed by atoms with Crippen LogP contribution < -0.4 is 10.5 Å². The molecule has 0 aliphatic heterocycles. The zero-order valence-electron chi connectivity index (χ0n) is 9.33. The molecule has 0 saturated carbocycles. The first kappa shape index (κ1) is 12.0. The summed E-state index contributed by atoms with van der Waals surface area (Å²) >= 11 is 0. The fourth-order valence-corrected chi connectivity index (χ4v) is 1.47. The molecule has 2 rings (SSSR count). The molecule has 0 spiro atoms. The number of nitrogens with zero attached hydrogens (tertiary/aromatic N) is 1. The first-order valence-electron chi connectivity index (χ1n) is 4.91. The van der Waals surface area contributed by atoms with Crippen molar-refractivity contribution in [2.45, 2.75) is 0 Å². The van der Waals surface area contributed by atoms with Crippen LogP contribution in [0.1, 0.15) is 10.6 Å². The summed E-state index contributed by atoms with van der Waals surface area (Å²) < 4.78 is 31.8. The summed E-state index contributed by atoms with van der Waals surface area (Å²) in [6, 6.07) is 1.86. The predicted octanol–water partition coefficient (Wildman–Crippen LogP) is 1.46. The topological polar surface area (TPSA) is 81.0 Å². The molecular formula is C11H9F2N3O2. The van der Waals surface area contributed by atoms with E-state index in [0.717, 1.165) is 12.1 Å². The Labute approximate surface area is 101 Å². The van der Waals surface area contributed by atoms with Gasteiger partial charge in [-0.15, -0.1) is 0 Å². The number of amides is 1. The summed E-state index contributed by atoms with van der Waals surface area (Å²) in [6.45, 7) is 0. The smallest absolute Gasteiger partial charge is 0.284 e. The number of nitrogens with one attached hydrogen (secondary N) is 1. The third-order valence-electron chi connectivity index (χ3n) is 2.34. The van der Waals surface area contributed by atoms with Crippen molar-refractivity contribution in [2.24, 2.45) is 5.73 Å². The molecule has 1 heterocycles. The van der Waals surface area contributed by atoms with Crippen LogP contribution in [0, 0.1) is 11.6 Å². The molecule has 0 saturated heterocycles. The standard InChI is InChI=1S/C11H9F2N3O2/c1-18-9-3-6(12)5(2-7(9)13)8-4-15-11(16-8)10(14)17/h2-4H,1H3,(H2,14,17)(H,15,16). The number of methoxy groups -OCH3 is 1. The highest BCUT2D eigenvalue weighted by molar-refractivity contribution is 5.89. The van der Waals surface area contributed by atoms with Gasteiger partial charge in [0.1, 0.15) is 5.82 Å². The maximum Gasteiger partial charge on any atom is 0.284 e. The first-order valence-corrected chi connectivity index (χ1v) is 4.91. The van der Waals surface area contributed by atoms with E-state index >= 15 is 0 Å². The van der Waals surface area contributed by atoms with Gasteiger partial charge in [-0.05, 0) is 6.07 Å². The lowest BCUT2D eigenvalue weighted by Gasteiger charge is -2.05. The zero-order valence-corrected chi connectivity index (χ0v) is 9.33. The molecule has 1 amide bonds. The molecule has 1 aromatic heterocycles. The Morgan fingerprint density at radius 2 is 2.11 bits per heavy atom. The minimum atomic E-state index is -0.782. The molecule has 94 valence electrons. The molecule has 0 fully saturated rings. The summed E-state index contributed by atoms with van der Waals surface area (Å²) in [5.74, 6) is -2.53. The number of halogens is 2. The molecular weight excluding hydrogens is 244 g/mol. The van der Waals surface area contributed by atoms with Gasteiger partial charge < -0.3 is 15.5 Å². The number of ether oxygens (including phenoxy) is 1. The largest absolute Gasteiger partial charge is 0.494 e. The van der Waals surface area contributed by atoms with E-state index < -0.39 is 17.5 Å². The van der Waals surface area contributed by atoms with Crippen molar-refractivity contribution in [1.29, 1.82) is 0 Å². The molecule has 0 radical (unpaired) electrons. The lowest BCUT2D eigenvalue weighted by atomic mass is 10.1. The van der Waals surface area contributed by atoms with Crippen molar-refractivity contribution in [3.63, 3.8) is 0 Å². The summed E-state index contributed by atoms with van der Waals surface area (Å²) in [5.41, 5.74) is 5.09. The van der Waals surface area contributed by atoms with E-state index in [1.807, 2.05) is 0 Å². The van der Waals surface area contributed by atoms with E-state index in [-0.39, 0.29) is 22.8 Å². The Kier molecular flexibility index (Phi) is 2.97. The molecule has 0 unspecified atom stereocenters. The molecule has 5 nitrogen and oxygen atoms in total. The molecule has 18 heavy (non-hydrogen) atoms. The molecule has 2 aromatic rings. The minimum absolute atomic E-state index is 0.0618. The fourth-order valence-electron chi connectivity index (χ4n) is 1.47. The van der Waals surface area contributed by atoms with Gasteiger partial charge in [-0.25, -0.2) is 13.8 Å². The normalized spacial score (nSPS) is 10.4. The number of rotatable bonds is 3. The second kappa shape index (κ2) is 4.44. The second-order valence-electron chi connectivity index (χ2n) is 3.48. The van der Waals surface area contributed by atoms with Crippen molar-refractivity contribution in [3.8, 4) is 17.0 Å². The number of aromatic nitrogens is 2. The average molecular weight is 253 g/mol. The lowest BCUT2D eigenvalue weighted by molar-refractivity contribution is 0.0991. The second-order valence-corrected chi connectivity index (χ2v) is 3.48. The number of hydrogen-bond acceptors (Lipinski definition) is 3. The van der Waals surface area contributed by atoms with Crippen LogP contribution in [0.15, 0.2) is 18.3 Å². The highest BCUT2D eigenvalue weighted by Gasteiger charge is 2.15. The number of imidazole rings is 1. The fraction of sp³-hybridized carbons (Fsp3) is 0.0909. The number of nitrogens with two attached hydrogens (primary N) is 1. The SMILES string of the molecule is COc1cc(F)c(-c2cnc(C(N)=O)[nH]2)cc1F. The number of hydrogen-bond donors (Lipinski definition) is 2. The summed E-state index contributed by atoms with van der Waals surface area (Å²) in [5, 5.41) is 0. The summed E-state index contributed by atoms with van der Waals surface area (Å²) in [7, 11) is 1.24. The maximum atomic E-state index is 13.7. The number of primary amides is 1. The number of carbonyl (C=O) groups excluding carboxylic acids is 1. The van der Waals surface area contributed by atoms with Crippen molar-refractivity contribution in [3.05, 3.63) is 35.8 Å². The maximum absolute atomic E-state index is 13.7. The predicted molar refractivity (Wildman–Crippen MR) is 59.0 cm³/mol. The van der Waals surface area contributed by atoms with Gasteiger partial charge in [-0.3, -0.25) is 4.79 Å². The van der Waals surface area contributed by atoms with Gasteiger partial charge in [-0.2, -0.15) is 0 Å². The van der Waals surface area contributed by atoms with E-state index in [9.17, 15) is 13.6 Å². The molecule has 7 heteroatoms. The van der Waals surface area contributed by atoms with Gasteiger partial charge in [0.15, 0.2) is 17.4 Å². The highest BCUT2D eigenvalue weighted by atomic mass is 19.1. The Morgan fingerprint density at radius 1 is 1.39 bits per heavy atom. The van der Waals surface area contributed by atoms with E-state index in [0.29, 0.717) is 0 Å². The molecule has 0 aliphatic rings. The van der Waals surface area contributed by atoms with E-state index in [1.54, 1.807) is 0 Å². The van der Waals surface area contributed by atoms with Crippen LogP contribution >= 0.6 is 0 Å². The van der Waals surface area contributed by atoms with Gasteiger partial charge in [-0.1, -0.05) is 0 Å². The summed E-state index contributed by atoms with van der Waals surface area (Å²) in [6.07, 6.45) is 1.20. The molecule has 1 aromatic carbocycles. The van der Waals surface area contributed by atoms with Crippen molar-refractivity contribution in [2.75, 3.05) is 7.11 Å². The number of aromatic amines is 1. The van der Waals surface area contributed by atoms with Crippen molar-refractivity contribution in [1.82, 2.24) is 9.97 Å². The van der Waals surface area contributed by atoms with Crippen LogP contribution in [-0.4, -0.2) is 23.0 Å². The number of H-pyrrole nitrogens is 1. The molecule has 0 bridgehead atoms. The van der Waals surface area contributed by atoms with Crippen LogP contribution in [0.4, 0.5) is 8.78 Å². The van der Waals surface area contributed by atoms with Crippen LogP contribution in [0.2, 0.25) is 0 Å². The monoisotopic (exact) mass is 253 g/mol. The van der Waals surface area contributed by atoms with Crippen LogP contribution in [-0.2, 0) is 0 Å². The average Bonchev–Trinajstić information content (AvgIpc) is 2.81. The Hall–Kier alpha value is -2.44. The summed E-state index contributed by atoms with van der Waals surface area (Å²) in [4.78, 5) is 17.0. The van der Waals surface area contributed by atoms with Crippen molar-refractivity contribution < 1.29 is 18.3 Å². The van der Waals surface area contributed by atoms with Gasteiger partial charge in [0.25, 0.3) is 5.91 Å². The van der Waals surface area contributed by atoms with Gasteiger partial charge in [0.2, 0.25) is 0 Å². The first-order chi connectivity index (χ1) is 8.52. The Morgan fingerprint density at radius 3 is 2.67 bits per heavy atom. The molecule has 0 aliphatic carbocycles. The van der Waals surface area contributed by atoms with E-state index in [2.05, 4.69) is 14.7 Å². The molecule has 3 N–H and O–H groups in total. The third-order valence-corrected chi connectivity index (χ3v) is 2.34.